The lowest BCUT2D eigenvalue weighted by atomic mass is 10.2. The highest BCUT2D eigenvalue weighted by atomic mass is 35.5. The van der Waals surface area contributed by atoms with Gasteiger partial charge in [-0.2, -0.15) is 0 Å². The third-order valence-corrected chi connectivity index (χ3v) is 5.22. The number of hydrogen-bond acceptors (Lipinski definition) is 3. The number of carbonyl (C=O) groups is 2. The summed E-state index contributed by atoms with van der Waals surface area (Å²) in [6.45, 7) is 4.55. The molecule has 0 unspecified atom stereocenters. The number of carbonyl (C=O) groups excluding carboxylic acids is 2. The van der Waals surface area contributed by atoms with Crippen molar-refractivity contribution in [2.75, 3.05) is 29.9 Å². The van der Waals surface area contributed by atoms with Crippen molar-refractivity contribution in [3.8, 4) is 0 Å². The Hall–Kier alpha value is -2.53. The molecule has 148 valence electrons. The van der Waals surface area contributed by atoms with Gasteiger partial charge in [-0.3, -0.25) is 9.59 Å². The smallest absolute Gasteiger partial charge is 0.226 e. The van der Waals surface area contributed by atoms with E-state index in [0.29, 0.717) is 18.1 Å². The topological polar surface area (TPSA) is 52.7 Å². The van der Waals surface area contributed by atoms with Crippen LogP contribution in [0.25, 0.3) is 0 Å². The molecule has 1 saturated heterocycles. The minimum absolute atomic E-state index is 0.0577. The van der Waals surface area contributed by atoms with E-state index in [1.165, 1.54) is 25.5 Å². The van der Waals surface area contributed by atoms with Crippen LogP contribution in [0.1, 0.15) is 31.7 Å². The van der Waals surface area contributed by atoms with Crippen molar-refractivity contribution in [3.63, 3.8) is 0 Å². The highest BCUT2D eigenvalue weighted by Crippen LogP contribution is 2.22. The van der Waals surface area contributed by atoms with E-state index in [2.05, 4.69) is 10.2 Å². The summed E-state index contributed by atoms with van der Waals surface area (Å²) in [4.78, 5) is 28.2. The van der Waals surface area contributed by atoms with Crippen molar-refractivity contribution in [1.82, 2.24) is 4.90 Å². The molecular formula is C22H26ClN3O2. The number of hydrogen-bond donors (Lipinski definition) is 1. The SMILES string of the molecule is CC(=O)N(CCC(=O)Nc1ccc(N2CCCC2)cc1)Cc1ccc(Cl)cc1. The van der Waals surface area contributed by atoms with Crippen LogP contribution in [0.3, 0.4) is 0 Å². The van der Waals surface area contributed by atoms with Gasteiger partial charge in [0.25, 0.3) is 0 Å². The molecule has 1 fully saturated rings. The first-order valence-electron chi connectivity index (χ1n) is 9.66. The Morgan fingerprint density at radius 2 is 1.68 bits per heavy atom. The van der Waals surface area contributed by atoms with Gasteiger partial charge in [-0.15, -0.1) is 0 Å². The lowest BCUT2D eigenvalue weighted by molar-refractivity contribution is -0.129. The number of nitrogens with one attached hydrogen (secondary N) is 1. The molecule has 0 spiro atoms. The van der Waals surface area contributed by atoms with Crippen LogP contribution in [-0.2, 0) is 16.1 Å². The van der Waals surface area contributed by atoms with Crippen LogP contribution in [0.4, 0.5) is 11.4 Å². The Bertz CT molecular complexity index is 800. The molecule has 2 aromatic carbocycles. The number of amides is 2. The minimum atomic E-state index is -0.101. The Balaban J connectivity index is 1.50. The predicted molar refractivity (Wildman–Crippen MR) is 114 cm³/mol. The first kappa shape index (κ1) is 20.2. The molecule has 1 heterocycles. The lowest BCUT2D eigenvalue weighted by Crippen LogP contribution is -2.31. The average Bonchev–Trinajstić information content (AvgIpc) is 3.22. The fourth-order valence-corrected chi connectivity index (χ4v) is 3.47. The van der Waals surface area contributed by atoms with E-state index in [0.717, 1.165) is 24.3 Å². The predicted octanol–water partition coefficient (Wildman–Crippen LogP) is 4.32. The van der Waals surface area contributed by atoms with Crippen molar-refractivity contribution < 1.29 is 9.59 Å². The van der Waals surface area contributed by atoms with E-state index in [4.69, 9.17) is 11.6 Å². The number of nitrogens with zero attached hydrogens (tertiary/aromatic N) is 2. The third kappa shape index (κ3) is 5.73. The second-order valence-corrected chi connectivity index (χ2v) is 7.54. The second-order valence-electron chi connectivity index (χ2n) is 7.11. The van der Waals surface area contributed by atoms with Gasteiger partial charge in [-0.05, 0) is 54.8 Å². The molecule has 0 bridgehead atoms. The maximum atomic E-state index is 12.3. The quantitative estimate of drug-likeness (QED) is 0.754. The van der Waals surface area contributed by atoms with Gasteiger partial charge in [0.05, 0.1) is 0 Å². The first-order chi connectivity index (χ1) is 13.5. The van der Waals surface area contributed by atoms with E-state index in [1.54, 1.807) is 17.0 Å². The van der Waals surface area contributed by atoms with Gasteiger partial charge < -0.3 is 15.1 Å². The molecule has 1 aliphatic heterocycles. The van der Waals surface area contributed by atoms with Gasteiger partial charge in [0.1, 0.15) is 0 Å². The van der Waals surface area contributed by atoms with Gasteiger partial charge in [0.15, 0.2) is 0 Å². The third-order valence-electron chi connectivity index (χ3n) is 4.96. The number of anilines is 2. The van der Waals surface area contributed by atoms with Crippen LogP contribution >= 0.6 is 11.6 Å². The molecule has 3 rings (SSSR count). The van der Waals surface area contributed by atoms with Gasteiger partial charge in [-0.1, -0.05) is 23.7 Å². The Morgan fingerprint density at radius 1 is 1.04 bits per heavy atom. The molecule has 0 aliphatic carbocycles. The summed E-state index contributed by atoms with van der Waals surface area (Å²) in [5.41, 5.74) is 2.96. The molecular weight excluding hydrogens is 374 g/mol. The van der Waals surface area contributed by atoms with E-state index < -0.39 is 0 Å². The zero-order valence-corrected chi connectivity index (χ0v) is 16.9. The van der Waals surface area contributed by atoms with E-state index in [1.807, 2.05) is 36.4 Å². The van der Waals surface area contributed by atoms with Crippen LogP contribution in [0.5, 0.6) is 0 Å². The number of benzene rings is 2. The van der Waals surface area contributed by atoms with E-state index >= 15 is 0 Å². The van der Waals surface area contributed by atoms with Gasteiger partial charge in [0.2, 0.25) is 11.8 Å². The summed E-state index contributed by atoms with van der Waals surface area (Å²) < 4.78 is 0. The first-order valence-corrected chi connectivity index (χ1v) is 10.0. The molecule has 1 aliphatic rings. The summed E-state index contributed by atoms with van der Waals surface area (Å²) in [7, 11) is 0. The minimum Gasteiger partial charge on any atom is -0.372 e. The largest absolute Gasteiger partial charge is 0.372 e. The zero-order valence-electron chi connectivity index (χ0n) is 16.2. The second kappa shape index (κ2) is 9.60. The van der Waals surface area contributed by atoms with Crippen molar-refractivity contribution in [2.24, 2.45) is 0 Å². The Labute approximate surface area is 171 Å². The molecule has 2 aromatic rings. The van der Waals surface area contributed by atoms with Crippen LogP contribution in [0.2, 0.25) is 5.02 Å². The molecule has 6 heteroatoms. The highest BCUT2D eigenvalue weighted by Gasteiger charge is 2.14. The summed E-state index contributed by atoms with van der Waals surface area (Å²) in [6.07, 6.45) is 2.73. The Kier molecular flexibility index (Phi) is 6.93. The maximum Gasteiger partial charge on any atom is 0.226 e. The van der Waals surface area contributed by atoms with Crippen LogP contribution in [0.15, 0.2) is 48.5 Å². The summed E-state index contributed by atoms with van der Waals surface area (Å²) >= 11 is 5.90. The van der Waals surface area contributed by atoms with Crippen molar-refractivity contribution >= 4 is 34.8 Å². The van der Waals surface area contributed by atoms with Crippen LogP contribution in [-0.4, -0.2) is 36.3 Å². The van der Waals surface area contributed by atoms with Crippen LogP contribution < -0.4 is 10.2 Å². The fourth-order valence-electron chi connectivity index (χ4n) is 3.35. The van der Waals surface area contributed by atoms with E-state index in [-0.39, 0.29) is 18.2 Å². The molecule has 5 nitrogen and oxygen atoms in total. The summed E-state index contributed by atoms with van der Waals surface area (Å²) in [6, 6.07) is 15.3. The molecule has 0 radical (unpaired) electrons. The highest BCUT2D eigenvalue weighted by molar-refractivity contribution is 6.30. The molecule has 0 saturated carbocycles. The Morgan fingerprint density at radius 3 is 2.29 bits per heavy atom. The molecule has 0 atom stereocenters. The average molecular weight is 400 g/mol. The number of rotatable bonds is 7. The molecule has 2 amide bonds. The standard InChI is InChI=1S/C22H26ClN3O2/c1-17(27)26(16-18-4-6-19(23)7-5-18)15-12-22(28)24-20-8-10-21(11-9-20)25-13-2-3-14-25/h4-11H,2-3,12-16H2,1H3,(H,24,28). The van der Waals surface area contributed by atoms with Crippen LogP contribution in [0, 0.1) is 0 Å². The van der Waals surface area contributed by atoms with Gasteiger partial charge in [0, 0.05) is 55.9 Å². The van der Waals surface area contributed by atoms with Gasteiger partial charge in [-0.25, -0.2) is 0 Å². The normalized spacial score (nSPS) is 13.4. The maximum absolute atomic E-state index is 12.3. The van der Waals surface area contributed by atoms with E-state index in [9.17, 15) is 9.59 Å². The van der Waals surface area contributed by atoms with Crippen molar-refractivity contribution in [3.05, 3.63) is 59.1 Å². The number of halogens is 1. The molecule has 28 heavy (non-hydrogen) atoms. The molecule has 0 aromatic heterocycles. The monoisotopic (exact) mass is 399 g/mol. The molecule has 1 N–H and O–H groups in total. The summed E-state index contributed by atoms with van der Waals surface area (Å²) in [5, 5.41) is 3.57. The van der Waals surface area contributed by atoms with Crippen molar-refractivity contribution in [1.29, 1.82) is 0 Å². The lowest BCUT2D eigenvalue weighted by Gasteiger charge is -2.21. The van der Waals surface area contributed by atoms with Crippen molar-refractivity contribution in [2.45, 2.75) is 32.7 Å². The summed E-state index contributed by atoms with van der Waals surface area (Å²) in [5.74, 6) is -0.158. The van der Waals surface area contributed by atoms with Gasteiger partial charge >= 0.3 is 0 Å². The zero-order chi connectivity index (χ0) is 19.9. The fraction of sp³-hybridized carbons (Fsp3) is 0.364.